The fraction of sp³-hybridized carbons (Fsp3) is 0.524. The second-order valence-corrected chi connectivity index (χ2v) is 31.8. The highest BCUT2D eigenvalue weighted by Crippen LogP contribution is 2.41. The first-order chi connectivity index (χ1) is 23.9. The van der Waals surface area contributed by atoms with E-state index >= 15 is 0 Å². The molecule has 3 aromatic carbocycles. The van der Waals surface area contributed by atoms with E-state index < -0.39 is 61.1 Å². The minimum absolute atomic E-state index is 0.151. The van der Waals surface area contributed by atoms with Crippen LogP contribution in [0.3, 0.4) is 0 Å². The van der Waals surface area contributed by atoms with Crippen LogP contribution >= 0.6 is 0 Å². The Hall–Kier alpha value is -2.71. The van der Waals surface area contributed by atoms with Crippen LogP contribution in [-0.2, 0) is 22.8 Å². The number of Topliss-reactive ketones (excluding diaryl/α,β-unsaturated/α-hetero) is 1. The van der Waals surface area contributed by atoms with E-state index in [1.807, 2.05) is 62.5 Å². The van der Waals surface area contributed by atoms with Crippen LogP contribution in [0.15, 0.2) is 91.0 Å². The highest BCUT2D eigenvalue weighted by atomic mass is 28.4. The molecular formula is C42H64O7Si3. The summed E-state index contributed by atoms with van der Waals surface area (Å²) in [6.07, 6.45) is -4.93. The van der Waals surface area contributed by atoms with Gasteiger partial charge in [0.25, 0.3) is 8.32 Å². The van der Waals surface area contributed by atoms with E-state index in [2.05, 4.69) is 99.7 Å². The molecule has 1 N–H and O–H groups in total. The second kappa shape index (κ2) is 16.8. The van der Waals surface area contributed by atoms with Crippen molar-refractivity contribution in [3.8, 4) is 0 Å². The maximum atomic E-state index is 15.0. The molecule has 0 unspecified atom stereocenters. The zero-order valence-corrected chi connectivity index (χ0v) is 37.1. The number of ether oxygens (including phenoxy) is 1. The number of hydrogen-bond donors (Lipinski definition) is 1. The fourth-order valence-electron chi connectivity index (χ4n) is 5.71. The number of carbonyl (C=O) groups is 2. The van der Waals surface area contributed by atoms with Gasteiger partial charge in [0.15, 0.2) is 22.7 Å². The van der Waals surface area contributed by atoms with Gasteiger partial charge in [0.1, 0.15) is 12.2 Å². The first kappa shape index (κ1) is 43.7. The lowest BCUT2D eigenvalue weighted by Gasteiger charge is -2.47. The average molecular weight is 765 g/mol. The lowest BCUT2D eigenvalue weighted by molar-refractivity contribution is -0.146. The Labute approximate surface area is 316 Å². The van der Waals surface area contributed by atoms with E-state index in [0.717, 1.165) is 10.4 Å². The summed E-state index contributed by atoms with van der Waals surface area (Å²) in [5, 5.41) is 13.8. The van der Waals surface area contributed by atoms with E-state index in [1.54, 1.807) is 24.3 Å². The van der Waals surface area contributed by atoms with Crippen molar-refractivity contribution in [3.63, 3.8) is 0 Å². The number of benzene rings is 3. The molecular weight excluding hydrogens is 701 g/mol. The molecule has 7 nitrogen and oxygen atoms in total. The molecule has 10 heteroatoms. The Morgan fingerprint density at radius 2 is 1.06 bits per heavy atom. The normalized spacial score (nSPS) is 15.8. The van der Waals surface area contributed by atoms with Crippen LogP contribution in [-0.4, -0.2) is 72.8 Å². The van der Waals surface area contributed by atoms with Gasteiger partial charge in [-0.05, 0) is 70.7 Å². The molecule has 0 radical (unpaired) electrons. The summed E-state index contributed by atoms with van der Waals surface area (Å²) in [6.45, 7) is 29.0. The fourth-order valence-corrected chi connectivity index (χ4v) is 12.7. The van der Waals surface area contributed by atoms with Crippen LogP contribution in [0.4, 0.5) is 0 Å². The van der Waals surface area contributed by atoms with Gasteiger partial charge in [0.2, 0.25) is 5.78 Å². The van der Waals surface area contributed by atoms with Gasteiger partial charge in [-0.15, -0.1) is 0 Å². The van der Waals surface area contributed by atoms with Gasteiger partial charge in [0.05, 0.1) is 18.3 Å². The third-order valence-corrected chi connectivity index (χ3v) is 25.1. The molecule has 4 atom stereocenters. The number of aliphatic hydroxyl groups is 1. The van der Waals surface area contributed by atoms with Gasteiger partial charge < -0.3 is 23.1 Å². The van der Waals surface area contributed by atoms with Crippen LogP contribution in [0.5, 0.6) is 0 Å². The summed E-state index contributed by atoms with van der Waals surface area (Å²) < 4.78 is 26.7. The molecule has 3 rings (SSSR count). The molecule has 0 aromatic heterocycles. The van der Waals surface area contributed by atoms with Crippen LogP contribution in [0.2, 0.25) is 41.3 Å². The van der Waals surface area contributed by atoms with Gasteiger partial charge in [-0.2, -0.15) is 0 Å². The van der Waals surface area contributed by atoms with Crippen molar-refractivity contribution in [2.75, 3.05) is 6.61 Å². The lowest BCUT2D eigenvalue weighted by Crippen LogP contribution is -2.69. The molecule has 0 saturated heterocycles. The first-order valence-corrected chi connectivity index (χ1v) is 26.2. The first-order valence-electron chi connectivity index (χ1n) is 18.4. The average Bonchev–Trinajstić information content (AvgIpc) is 3.06. The van der Waals surface area contributed by atoms with Crippen molar-refractivity contribution in [2.24, 2.45) is 0 Å². The monoisotopic (exact) mass is 764 g/mol. The largest absolute Gasteiger partial charge is 0.448 e. The Kier molecular flexibility index (Phi) is 14.1. The third kappa shape index (κ3) is 10.1. The minimum Gasteiger partial charge on any atom is -0.448 e. The van der Waals surface area contributed by atoms with Crippen molar-refractivity contribution in [1.29, 1.82) is 0 Å². The maximum absolute atomic E-state index is 15.0. The summed E-state index contributed by atoms with van der Waals surface area (Å²) in [5.41, 5.74) is 0.318. The summed E-state index contributed by atoms with van der Waals surface area (Å²) in [6, 6.07) is 29.0. The molecule has 0 aliphatic rings. The summed E-state index contributed by atoms with van der Waals surface area (Å²) in [5.74, 6) is -1.19. The zero-order valence-electron chi connectivity index (χ0n) is 34.1. The SMILES string of the molecule is C[C@@H](O[Si](c1ccccc1)(c1ccccc1)C(C)(C)C)[C@@H](O)[C@@H](O[Si](C)(C)C(C)(C)C)C(=O)[C@H](CO[Si](C)(C)C(C)(C)C)OC(=O)c1ccccc1. The molecule has 286 valence electrons. The molecule has 0 amide bonds. The van der Waals surface area contributed by atoms with E-state index in [4.69, 9.17) is 18.0 Å². The summed E-state index contributed by atoms with van der Waals surface area (Å²) in [7, 11) is -8.22. The standard InChI is InChI=1S/C42H64O7Si3/c1-31(48-52(42(8,9)10,33-26-20-16-21-27-33)34-28-22-17-23-29-34)36(43)38(49-51(13,14)41(5,6)7)37(44)35(30-46-50(11,12)40(2,3)4)47-39(45)32-24-18-15-19-25-32/h15-29,31,35-36,38,43H,30H2,1-14H3/t31-,35+,36-,38-/m1/s1. The predicted octanol–water partition coefficient (Wildman–Crippen LogP) is 8.52. The lowest BCUT2D eigenvalue weighted by atomic mass is 10.0. The minimum atomic E-state index is -3.13. The summed E-state index contributed by atoms with van der Waals surface area (Å²) >= 11 is 0. The molecule has 0 aliphatic carbocycles. The van der Waals surface area contributed by atoms with Crippen LogP contribution < -0.4 is 10.4 Å². The molecule has 0 bridgehead atoms. The van der Waals surface area contributed by atoms with E-state index in [1.165, 1.54) is 0 Å². The number of aliphatic hydroxyl groups excluding tert-OH is 1. The highest BCUT2D eigenvalue weighted by molar-refractivity contribution is 6.99. The Bertz CT molecular complexity index is 1550. The summed E-state index contributed by atoms with van der Waals surface area (Å²) in [4.78, 5) is 28.5. The van der Waals surface area contributed by atoms with Crippen molar-refractivity contribution in [1.82, 2.24) is 0 Å². The molecule has 3 aromatic rings. The van der Waals surface area contributed by atoms with Crippen molar-refractivity contribution >= 4 is 47.1 Å². The predicted molar refractivity (Wildman–Crippen MR) is 220 cm³/mol. The maximum Gasteiger partial charge on any atom is 0.338 e. The molecule has 0 fully saturated rings. The van der Waals surface area contributed by atoms with Gasteiger partial charge in [-0.25, -0.2) is 4.79 Å². The molecule has 0 heterocycles. The van der Waals surface area contributed by atoms with E-state index in [0.29, 0.717) is 5.56 Å². The van der Waals surface area contributed by atoms with Crippen LogP contribution in [0.1, 0.15) is 79.6 Å². The molecule has 0 aliphatic heterocycles. The van der Waals surface area contributed by atoms with Gasteiger partial charge >= 0.3 is 5.97 Å². The van der Waals surface area contributed by atoms with E-state index in [-0.39, 0.29) is 21.7 Å². The number of ketones is 1. The van der Waals surface area contributed by atoms with Gasteiger partial charge in [-0.1, -0.05) is 141 Å². The van der Waals surface area contributed by atoms with Crippen molar-refractivity contribution in [2.45, 2.75) is 135 Å². The van der Waals surface area contributed by atoms with Crippen molar-refractivity contribution in [3.05, 3.63) is 96.6 Å². The molecule has 0 spiro atoms. The van der Waals surface area contributed by atoms with Gasteiger partial charge in [0, 0.05) is 0 Å². The Morgan fingerprint density at radius 1 is 0.635 bits per heavy atom. The Morgan fingerprint density at radius 3 is 1.46 bits per heavy atom. The van der Waals surface area contributed by atoms with Crippen LogP contribution in [0, 0.1) is 0 Å². The molecule has 0 saturated carbocycles. The zero-order chi connectivity index (χ0) is 39.3. The Balaban J connectivity index is 2.16. The second-order valence-electron chi connectivity index (χ2n) is 18.0. The number of hydrogen-bond acceptors (Lipinski definition) is 7. The number of carbonyl (C=O) groups excluding carboxylic acids is 2. The highest BCUT2D eigenvalue weighted by Gasteiger charge is 2.53. The topological polar surface area (TPSA) is 91.3 Å². The van der Waals surface area contributed by atoms with Gasteiger partial charge in [-0.3, -0.25) is 4.79 Å². The van der Waals surface area contributed by atoms with E-state index in [9.17, 15) is 14.7 Å². The van der Waals surface area contributed by atoms with Crippen molar-refractivity contribution < 1.29 is 32.7 Å². The third-order valence-electron chi connectivity index (χ3n) is 11.1. The molecule has 52 heavy (non-hydrogen) atoms. The smallest absolute Gasteiger partial charge is 0.338 e. The number of esters is 1. The quantitative estimate of drug-likeness (QED) is 0.123. The number of rotatable bonds is 15. The van der Waals surface area contributed by atoms with Crippen LogP contribution in [0.25, 0.3) is 0 Å².